The minimum absolute atomic E-state index is 0.113. The zero-order valence-electron chi connectivity index (χ0n) is 13.7. The number of aliphatic hydroxyl groups excluding tert-OH is 1. The molecular weight excluding hydrogens is 312 g/mol. The minimum Gasteiger partial charge on any atom is -0.459 e. The number of β-amino-alcohol motifs (C(OH)–C–C–N with tert-alkyl or cyclic N) is 1. The summed E-state index contributed by atoms with van der Waals surface area (Å²) in [5.74, 6) is -0.364. The van der Waals surface area contributed by atoms with Crippen molar-refractivity contribution in [2.75, 3.05) is 13.2 Å². The van der Waals surface area contributed by atoms with Crippen LogP contribution in [0.5, 0.6) is 0 Å². The van der Waals surface area contributed by atoms with Crippen LogP contribution in [0, 0.1) is 0 Å². The van der Waals surface area contributed by atoms with Crippen LogP contribution in [-0.4, -0.2) is 52.4 Å². The molecule has 0 aliphatic carbocycles. The molecule has 0 radical (unpaired) electrons. The average Bonchev–Trinajstić information content (AvgIpc) is 2.91. The fraction of sp³-hybridized carbons (Fsp3) is 0.471. The summed E-state index contributed by atoms with van der Waals surface area (Å²) < 4.78 is 10.0. The van der Waals surface area contributed by atoms with Gasteiger partial charge in [0.1, 0.15) is 13.2 Å². The van der Waals surface area contributed by atoms with Crippen LogP contribution < -0.4 is 0 Å². The Morgan fingerprint density at radius 3 is 3.00 bits per heavy atom. The molecule has 7 nitrogen and oxygen atoms in total. The van der Waals surface area contributed by atoms with Crippen LogP contribution in [0.25, 0.3) is 0 Å². The van der Waals surface area contributed by atoms with Gasteiger partial charge < -0.3 is 19.5 Å². The lowest BCUT2D eigenvalue weighted by molar-refractivity contribution is -0.142. The first-order chi connectivity index (χ1) is 11.5. The fourth-order valence-electron chi connectivity index (χ4n) is 2.70. The fourth-order valence-corrected chi connectivity index (χ4v) is 2.70. The van der Waals surface area contributed by atoms with E-state index in [1.165, 1.54) is 13.0 Å². The number of ether oxygens (including phenoxy) is 2. The number of pyridine rings is 1. The largest absolute Gasteiger partial charge is 0.459 e. The number of aromatic nitrogens is 1. The van der Waals surface area contributed by atoms with Gasteiger partial charge in [0.25, 0.3) is 0 Å². The number of aliphatic hydroxyl groups is 1. The summed E-state index contributed by atoms with van der Waals surface area (Å²) in [6.07, 6.45) is 3.18. The van der Waals surface area contributed by atoms with Crippen molar-refractivity contribution in [1.82, 2.24) is 9.88 Å². The van der Waals surface area contributed by atoms with Gasteiger partial charge >= 0.3 is 12.1 Å². The maximum atomic E-state index is 12.1. The van der Waals surface area contributed by atoms with Crippen LogP contribution in [0.1, 0.15) is 24.6 Å². The maximum absolute atomic E-state index is 12.1. The SMILES string of the molecule is C=CCOC(=O)N1CC(O)CC1Cc1ccnc(COC(C)=O)c1. The Morgan fingerprint density at radius 2 is 2.29 bits per heavy atom. The van der Waals surface area contributed by atoms with Crippen LogP contribution in [0.3, 0.4) is 0 Å². The summed E-state index contributed by atoms with van der Waals surface area (Å²) in [6, 6.07) is 3.53. The van der Waals surface area contributed by atoms with Gasteiger partial charge in [-0.1, -0.05) is 12.7 Å². The Morgan fingerprint density at radius 1 is 1.50 bits per heavy atom. The van der Waals surface area contributed by atoms with Gasteiger partial charge in [-0.15, -0.1) is 0 Å². The number of hydrogen-bond acceptors (Lipinski definition) is 6. The lowest BCUT2D eigenvalue weighted by Crippen LogP contribution is -2.37. The molecule has 0 spiro atoms. The van der Waals surface area contributed by atoms with E-state index in [1.807, 2.05) is 12.1 Å². The molecule has 0 saturated carbocycles. The van der Waals surface area contributed by atoms with Crippen molar-refractivity contribution in [3.63, 3.8) is 0 Å². The Balaban J connectivity index is 2.02. The lowest BCUT2D eigenvalue weighted by atomic mass is 10.0. The van der Waals surface area contributed by atoms with E-state index < -0.39 is 12.2 Å². The molecule has 130 valence electrons. The van der Waals surface area contributed by atoms with E-state index in [-0.39, 0.29) is 31.8 Å². The molecule has 2 atom stereocenters. The van der Waals surface area contributed by atoms with Gasteiger partial charge in [0.15, 0.2) is 0 Å². The third-order valence-electron chi connectivity index (χ3n) is 3.73. The second kappa shape index (κ2) is 8.44. The molecule has 1 aliphatic rings. The Bertz CT molecular complexity index is 604. The van der Waals surface area contributed by atoms with Crippen molar-refractivity contribution < 1.29 is 24.2 Å². The number of hydrogen-bond donors (Lipinski definition) is 1. The van der Waals surface area contributed by atoms with E-state index in [0.29, 0.717) is 18.5 Å². The van der Waals surface area contributed by atoms with E-state index in [9.17, 15) is 14.7 Å². The van der Waals surface area contributed by atoms with E-state index in [2.05, 4.69) is 11.6 Å². The molecule has 1 aromatic rings. The van der Waals surface area contributed by atoms with Crippen molar-refractivity contribution >= 4 is 12.1 Å². The van der Waals surface area contributed by atoms with E-state index in [4.69, 9.17) is 9.47 Å². The standard InChI is InChI=1S/C17H22N2O5/c1-3-6-23-17(22)19-10-16(21)9-15(19)8-13-4-5-18-14(7-13)11-24-12(2)20/h3-5,7,15-16,21H,1,6,8-11H2,2H3. The van der Waals surface area contributed by atoms with Crippen molar-refractivity contribution in [2.45, 2.75) is 38.5 Å². The minimum atomic E-state index is -0.561. The summed E-state index contributed by atoms with van der Waals surface area (Å²) in [5.41, 5.74) is 1.59. The summed E-state index contributed by atoms with van der Waals surface area (Å²) >= 11 is 0. The molecule has 2 rings (SSSR count). The van der Waals surface area contributed by atoms with Crippen molar-refractivity contribution in [2.24, 2.45) is 0 Å². The lowest BCUT2D eigenvalue weighted by Gasteiger charge is -2.23. The van der Waals surface area contributed by atoms with Gasteiger partial charge in [0.05, 0.1) is 18.3 Å². The predicted octanol–water partition coefficient (Wildman–Crippen LogP) is 1.45. The third-order valence-corrected chi connectivity index (χ3v) is 3.73. The van der Waals surface area contributed by atoms with Crippen molar-refractivity contribution in [3.8, 4) is 0 Å². The third kappa shape index (κ3) is 5.06. The van der Waals surface area contributed by atoms with Crippen LogP contribution in [-0.2, 0) is 27.3 Å². The van der Waals surface area contributed by atoms with Gasteiger partial charge in [-0.05, 0) is 30.5 Å². The molecule has 1 aliphatic heterocycles. The molecule has 24 heavy (non-hydrogen) atoms. The molecule has 0 aromatic carbocycles. The van der Waals surface area contributed by atoms with Gasteiger partial charge in [0.2, 0.25) is 0 Å². The highest BCUT2D eigenvalue weighted by Gasteiger charge is 2.35. The molecule has 1 fully saturated rings. The van der Waals surface area contributed by atoms with Crippen molar-refractivity contribution in [1.29, 1.82) is 0 Å². The number of rotatable bonds is 6. The predicted molar refractivity (Wildman–Crippen MR) is 86.1 cm³/mol. The molecule has 1 saturated heterocycles. The average molecular weight is 334 g/mol. The summed E-state index contributed by atoms with van der Waals surface area (Å²) in [5, 5.41) is 9.88. The maximum Gasteiger partial charge on any atom is 0.410 e. The van der Waals surface area contributed by atoms with E-state index in [1.54, 1.807) is 11.1 Å². The Hall–Kier alpha value is -2.41. The molecule has 0 bridgehead atoms. The first kappa shape index (κ1) is 17.9. The Labute approximate surface area is 140 Å². The van der Waals surface area contributed by atoms with Gasteiger partial charge in [0, 0.05) is 19.2 Å². The molecule has 2 heterocycles. The van der Waals surface area contributed by atoms with Crippen LogP contribution in [0.2, 0.25) is 0 Å². The van der Waals surface area contributed by atoms with Crippen LogP contribution >= 0.6 is 0 Å². The van der Waals surface area contributed by atoms with E-state index in [0.717, 1.165) is 5.56 Å². The molecule has 1 amide bonds. The molecule has 7 heteroatoms. The normalized spacial score (nSPS) is 19.8. The van der Waals surface area contributed by atoms with Crippen LogP contribution in [0.15, 0.2) is 31.0 Å². The molecule has 2 unspecified atom stereocenters. The zero-order valence-corrected chi connectivity index (χ0v) is 13.7. The second-order valence-electron chi connectivity index (χ2n) is 5.70. The molecular formula is C17H22N2O5. The number of esters is 1. The Kier molecular flexibility index (Phi) is 6.31. The van der Waals surface area contributed by atoms with Crippen LogP contribution in [0.4, 0.5) is 4.79 Å². The second-order valence-corrected chi connectivity index (χ2v) is 5.70. The quantitative estimate of drug-likeness (QED) is 0.625. The number of carbonyl (C=O) groups excluding carboxylic acids is 2. The monoisotopic (exact) mass is 334 g/mol. The molecule has 1 N–H and O–H groups in total. The summed E-state index contributed by atoms with van der Waals surface area (Å²) in [7, 11) is 0. The van der Waals surface area contributed by atoms with E-state index >= 15 is 0 Å². The number of nitrogens with zero attached hydrogens (tertiary/aromatic N) is 2. The van der Waals surface area contributed by atoms with Crippen molar-refractivity contribution in [3.05, 3.63) is 42.2 Å². The van der Waals surface area contributed by atoms with Gasteiger partial charge in [-0.25, -0.2) is 4.79 Å². The zero-order chi connectivity index (χ0) is 17.5. The first-order valence-corrected chi connectivity index (χ1v) is 7.79. The van der Waals surface area contributed by atoms with Gasteiger partial charge in [-0.3, -0.25) is 9.78 Å². The highest BCUT2D eigenvalue weighted by atomic mass is 16.6. The highest BCUT2D eigenvalue weighted by Crippen LogP contribution is 2.23. The number of likely N-dealkylation sites (tertiary alicyclic amines) is 1. The summed E-state index contributed by atoms with van der Waals surface area (Å²) in [4.78, 5) is 28.6. The topological polar surface area (TPSA) is 89.0 Å². The number of carbonyl (C=O) groups is 2. The smallest absolute Gasteiger partial charge is 0.410 e. The van der Waals surface area contributed by atoms with Gasteiger partial charge in [-0.2, -0.15) is 0 Å². The first-order valence-electron chi connectivity index (χ1n) is 7.79. The summed E-state index contributed by atoms with van der Waals surface area (Å²) in [6.45, 7) is 5.36. The number of amides is 1. The highest BCUT2D eigenvalue weighted by molar-refractivity contribution is 5.68. The molecule has 1 aromatic heterocycles.